The second-order valence-corrected chi connectivity index (χ2v) is 11.1. The molecule has 40 heavy (non-hydrogen) atoms. The van der Waals surface area contributed by atoms with Crippen molar-refractivity contribution in [3.63, 3.8) is 0 Å². The third-order valence-electron chi connectivity index (χ3n) is 7.98. The van der Waals surface area contributed by atoms with Crippen molar-refractivity contribution in [3.8, 4) is 11.8 Å². The van der Waals surface area contributed by atoms with E-state index in [1.165, 1.54) is 0 Å². The van der Waals surface area contributed by atoms with Crippen molar-refractivity contribution in [1.82, 2.24) is 24.8 Å². The molecule has 3 aliphatic rings. The predicted octanol–water partition coefficient (Wildman–Crippen LogP) is 3.51. The zero-order valence-electron chi connectivity index (χ0n) is 23.1. The number of rotatable bonds is 7. The van der Waals surface area contributed by atoms with Crippen molar-refractivity contribution in [2.75, 3.05) is 63.2 Å². The van der Waals surface area contributed by atoms with Crippen LogP contribution in [0.25, 0.3) is 11.0 Å². The SMILES string of the molecule is CC(C)CNc1nc(Nc2ccc(C(=O)N3CCC(N4CCOCC4)CC3)c3c2OCC3)nc2[nH]cc(C#N)c12. The lowest BCUT2D eigenvalue weighted by Gasteiger charge is -2.40. The van der Waals surface area contributed by atoms with E-state index in [4.69, 9.17) is 14.5 Å². The number of nitrogens with one attached hydrogen (secondary N) is 3. The number of aromatic nitrogens is 3. The van der Waals surface area contributed by atoms with Crippen LogP contribution in [-0.2, 0) is 11.2 Å². The third-order valence-corrected chi connectivity index (χ3v) is 7.98. The van der Waals surface area contributed by atoms with E-state index in [2.05, 4.69) is 45.4 Å². The van der Waals surface area contributed by atoms with E-state index in [0.29, 0.717) is 71.2 Å². The number of ether oxygens (including phenoxy) is 2. The number of carbonyl (C=O) groups excluding carboxylic acids is 1. The van der Waals surface area contributed by atoms with Crippen molar-refractivity contribution in [1.29, 1.82) is 5.26 Å². The van der Waals surface area contributed by atoms with Crippen molar-refractivity contribution in [3.05, 3.63) is 35.0 Å². The summed E-state index contributed by atoms with van der Waals surface area (Å²) >= 11 is 0. The molecule has 5 heterocycles. The quantitative estimate of drug-likeness (QED) is 0.409. The molecule has 2 fully saturated rings. The van der Waals surface area contributed by atoms with Gasteiger partial charge in [-0.15, -0.1) is 0 Å². The number of hydrogen-bond acceptors (Lipinski definition) is 9. The third kappa shape index (κ3) is 5.17. The summed E-state index contributed by atoms with van der Waals surface area (Å²) in [6.07, 6.45) is 4.31. The van der Waals surface area contributed by atoms with Crippen LogP contribution in [0.4, 0.5) is 17.5 Å². The fraction of sp³-hybridized carbons (Fsp3) is 0.517. The van der Waals surface area contributed by atoms with Gasteiger partial charge in [0, 0.05) is 62.5 Å². The summed E-state index contributed by atoms with van der Waals surface area (Å²) in [6, 6.07) is 6.50. The first-order valence-electron chi connectivity index (χ1n) is 14.2. The molecule has 0 saturated carbocycles. The number of likely N-dealkylation sites (tertiary alicyclic amines) is 1. The van der Waals surface area contributed by atoms with E-state index in [1.807, 2.05) is 17.0 Å². The van der Waals surface area contributed by atoms with Gasteiger partial charge in [0.1, 0.15) is 23.3 Å². The molecular weight excluding hydrogens is 508 g/mol. The van der Waals surface area contributed by atoms with Crippen molar-refractivity contribution < 1.29 is 14.3 Å². The van der Waals surface area contributed by atoms with Gasteiger partial charge in [0.15, 0.2) is 0 Å². The van der Waals surface area contributed by atoms with E-state index in [1.54, 1.807) is 6.20 Å². The molecule has 0 atom stereocenters. The fourth-order valence-electron chi connectivity index (χ4n) is 5.87. The Morgan fingerprint density at radius 1 is 1.18 bits per heavy atom. The van der Waals surface area contributed by atoms with Crippen molar-refractivity contribution in [2.24, 2.45) is 5.92 Å². The molecule has 0 spiro atoms. The van der Waals surface area contributed by atoms with Crippen LogP contribution >= 0.6 is 0 Å². The largest absolute Gasteiger partial charge is 0.491 e. The van der Waals surface area contributed by atoms with Crippen LogP contribution in [0.15, 0.2) is 18.3 Å². The van der Waals surface area contributed by atoms with Gasteiger partial charge in [-0.3, -0.25) is 9.69 Å². The van der Waals surface area contributed by atoms with Crippen LogP contribution in [0.1, 0.15) is 48.2 Å². The molecule has 6 rings (SSSR count). The number of anilines is 3. The molecule has 2 aromatic heterocycles. The lowest BCUT2D eigenvalue weighted by molar-refractivity contribution is 0.00158. The molecule has 0 radical (unpaired) electrons. The van der Waals surface area contributed by atoms with Gasteiger partial charge < -0.3 is 30.0 Å². The lowest BCUT2D eigenvalue weighted by atomic mass is 9.99. The van der Waals surface area contributed by atoms with Gasteiger partial charge in [-0.25, -0.2) is 0 Å². The summed E-state index contributed by atoms with van der Waals surface area (Å²) in [5, 5.41) is 16.9. The molecule has 1 aromatic carbocycles. The van der Waals surface area contributed by atoms with E-state index < -0.39 is 0 Å². The molecule has 0 unspecified atom stereocenters. The molecule has 3 aromatic rings. The fourth-order valence-corrected chi connectivity index (χ4v) is 5.87. The summed E-state index contributed by atoms with van der Waals surface area (Å²) < 4.78 is 11.5. The predicted molar refractivity (Wildman–Crippen MR) is 152 cm³/mol. The average Bonchev–Trinajstić information content (AvgIpc) is 3.64. The molecule has 0 aliphatic carbocycles. The Balaban J connectivity index is 1.21. The van der Waals surface area contributed by atoms with Crippen LogP contribution < -0.4 is 15.4 Å². The highest BCUT2D eigenvalue weighted by Gasteiger charge is 2.31. The van der Waals surface area contributed by atoms with E-state index in [9.17, 15) is 10.1 Å². The minimum absolute atomic E-state index is 0.0713. The second-order valence-electron chi connectivity index (χ2n) is 11.1. The summed E-state index contributed by atoms with van der Waals surface area (Å²) in [5.74, 6) is 2.13. The molecule has 0 bridgehead atoms. The second kappa shape index (κ2) is 11.3. The maximum atomic E-state index is 13.6. The number of hydrogen-bond donors (Lipinski definition) is 3. The monoisotopic (exact) mass is 544 g/mol. The molecular formula is C29H36N8O3. The zero-order valence-corrected chi connectivity index (χ0v) is 23.1. The Morgan fingerprint density at radius 3 is 2.73 bits per heavy atom. The summed E-state index contributed by atoms with van der Waals surface area (Å²) in [6.45, 7) is 10.5. The number of carbonyl (C=O) groups is 1. The minimum Gasteiger partial charge on any atom is -0.491 e. The van der Waals surface area contributed by atoms with E-state index in [-0.39, 0.29) is 5.91 Å². The first kappa shape index (κ1) is 26.3. The average molecular weight is 545 g/mol. The molecule has 3 aliphatic heterocycles. The minimum atomic E-state index is 0.0713. The Bertz CT molecular complexity index is 1430. The summed E-state index contributed by atoms with van der Waals surface area (Å²) in [4.78, 5) is 30.5. The van der Waals surface area contributed by atoms with Crippen molar-refractivity contribution in [2.45, 2.75) is 39.2 Å². The Labute approximate surface area is 233 Å². The smallest absolute Gasteiger partial charge is 0.254 e. The molecule has 11 heteroatoms. The highest BCUT2D eigenvalue weighted by Crippen LogP contribution is 2.38. The van der Waals surface area contributed by atoms with Gasteiger partial charge in [0.05, 0.1) is 36.5 Å². The maximum Gasteiger partial charge on any atom is 0.254 e. The van der Waals surface area contributed by atoms with E-state index in [0.717, 1.165) is 63.5 Å². The van der Waals surface area contributed by atoms with Gasteiger partial charge in [-0.2, -0.15) is 15.2 Å². The van der Waals surface area contributed by atoms with Gasteiger partial charge in [0.2, 0.25) is 5.95 Å². The molecule has 1 amide bonds. The van der Waals surface area contributed by atoms with Gasteiger partial charge in [-0.05, 0) is 30.9 Å². The van der Waals surface area contributed by atoms with E-state index >= 15 is 0 Å². The van der Waals surface area contributed by atoms with Crippen LogP contribution in [0.2, 0.25) is 0 Å². The topological polar surface area (TPSA) is 131 Å². The highest BCUT2D eigenvalue weighted by molar-refractivity contribution is 5.98. The molecule has 210 valence electrons. The lowest BCUT2D eigenvalue weighted by Crippen LogP contribution is -2.50. The van der Waals surface area contributed by atoms with Gasteiger partial charge in [0.25, 0.3) is 5.91 Å². The zero-order chi connectivity index (χ0) is 27.6. The van der Waals surface area contributed by atoms with Crippen LogP contribution in [0.3, 0.4) is 0 Å². The Kier molecular flexibility index (Phi) is 7.45. The number of benzene rings is 1. The maximum absolute atomic E-state index is 13.6. The number of fused-ring (bicyclic) bond motifs is 2. The Hall–Kier alpha value is -3.88. The number of morpholine rings is 1. The van der Waals surface area contributed by atoms with Crippen LogP contribution in [0, 0.1) is 17.2 Å². The van der Waals surface area contributed by atoms with Crippen LogP contribution in [-0.4, -0.2) is 89.2 Å². The van der Waals surface area contributed by atoms with Gasteiger partial charge in [-0.1, -0.05) is 13.8 Å². The number of amides is 1. The number of nitriles is 1. The normalized spacial score (nSPS) is 18.0. The number of nitrogens with zero attached hydrogens (tertiary/aromatic N) is 5. The summed E-state index contributed by atoms with van der Waals surface area (Å²) in [5.41, 5.74) is 3.42. The molecule has 11 nitrogen and oxygen atoms in total. The standard InChI is InChI=1S/C29H36N8O3/c1-18(2)16-31-26-24-19(15-30)17-32-27(24)35-29(34-26)33-23-4-3-22(21-7-12-40-25(21)23)28(38)37-8-5-20(6-9-37)36-10-13-39-14-11-36/h3-4,17-18,20H,5-14,16H2,1-2H3,(H3,31,32,33,34,35). The first-order chi connectivity index (χ1) is 19.5. The van der Waals surface area contributed by atoms with Crippen molar-refractivity contribution >= 4 is 34.4 Å². The molecule has 3 N–H and O–H groups in total. The Morgan fingerprint density at radius 2 is 1.98 bits per heavy atom. The highest BCUT2D eigenvalue weighted by atomic mass is 16.5. The number of H-pyrrole nitrogens is 1. The summed E-state index contributed by atoms with van der Waals surface area (Å²) in [7, 11) is 0. The number of piperidine rings is 1. The first-order valence-corrected chi connectivity index (χ1v) is 14.2. The molecule has 2 saturated heterocycles. The van der Waals surface area contributed by atoms with Crippen LogP contribution in [0.5, 0.6) is 5.75 Å². The number of aromatic amines is 1. The van der Waals surface area contributed by atoms with Gasteiger partial charge >= 0.3 is 0 Å².